The molecular formula is C24H30N6O2S. The number of carbonyl (C=O) groups excluding carboxylic acids is 1. The van der Waals surface area contributed by atoms with Crippen LogP contribution in [0.15, 0.2) is 48.9 Å². The van der Waals surface area contributed by atoms with Crippen LogP contribution in [0.3, 0.4) is 0 Å². The smallest absolute Gasteiger partial charge is 0.251 e. The van der Waals surface area contributed by atoms with E-state index in [-0.39, 0.29) is 25.3 Å². The minimum atomic E-state index is -0.137. The Bertz CT molecular complexity index is 1090. The van der Waals surface area contributed by atoms with Gasteiger partial charge in [-0.15, -0.1) is 0 Å². The second-order valence-electron chi connectivity index (χ2n) is 7.85. The van der Waals surface area contributed by atoms with Crippen molar-refractivity contribution in [2.45, 2.75) is 19.3 Å². The van der Waals surface area contributed by atoms with Crippen LogP contribution in [0.25, 0.3) is 11.3 Å². The molecular weight excluding hydrogens is 436 g/mol. The first-order chi connectivity index (χ1) is 15.6. The lowest BCUT2D eigenvalue weighted by Crippen LogP contribution is -2.37. The van der Waals surface area contributed by atoms with Crippen molar-refractivity contribution >= 4 is 31.0 Å². The molecule has 1 saturated heterocycles. The molecule has 174 valence electrons. The van der Waals surface area contributed by atoms with Gasteiger partial charge >= 0.3 is 0 Å². The number of nitrogens with zero attached hydrogens (tertiary/aromatic N) is 4. The number of amides is 1. The molecule has 3 heterocycles. The summed E-state index contributed by atoms with van der Waals surface area (Å²) in [5.74, 6) is 2.45. The molecule has 0 radical (unpaired) electrons. The SMILES string of the molecule is CNC(=O)c1ccc([C@H](C)CNc2cc(-c3ccc(N4CCC4)nc3)ncn2)c(OC)c1.S. The van der Waals surface area contributed by atoms with Gasteiger partial charge in [0.05, 0.1) is 12.8 Å². The van der Waals surface area contributed by atoms with Gasteiger partial charge in [0.15, 0.2) is 0 Å². The maximum atomic E-state index is 11.9. The quantitative estimate of drug-likeness (QED) is 0.525. The van der Waals surface area contributed by atoms with Crippen molar-refractivity contribution in [3.05, 3.63) is 60.0 Å². The third-order valence-electron chi connectivity index (χ3n) is 5.73. The van der Waals surface area contributed by atoms with Crippen molar-refractivity contribution < 1.29 is 9.53 Å². The molecule has 0 bridgehead atoms. The average Bonchev–Trinajstić information content (AvgIpc) is 2.81. The molecule has 9 heteroatoms. The molecule has 33 heavy (non-hydrogen) atoms. The Morgan fingerprint density at radius 2 is 1.97 bits per heavy atom. The van der Waals surface area contributed by atoms with Crippen molar-refractivity contribution in [3.8, 4) is 17.0 Å². The minimum absolute atomic E-state index is 0. The molecule has 0 spiro atoms. The molecule has 2 N–H and O–H groups in total. The Balaban J connectivity index is 0.00000306. The first kappa shape index (κ1) is 24.3. The number of carbonyl (C=O) groups is 1. The number of rotatable bonds is 8. The largest absolute Gasteiger partial charge is 0.496 e. The molecule has 0 unspecified atom stereocenters. The van der Waals surface area contributed by atoms with Gasteiger partial charge in [-0.05, 0) is 36.2 Å². The van der Waals surface area contributed by atoms with Crippen LogP contribution in [0.2, 0.25) is 0 Å². The summed E-state index contributed by atoms with van der Waals surface area (Å²) in [6.07, 6.45) is 4.65. The highest BCUT2D eigenvalue weighted by Crippen LogP contribution is 2.28. The van der Waals surface area contributed by atoms with E-state index >= 15 is 0 Å². The van der Waals surface area contributed by atoms with Gasteiger partial charge < -0.3 is 20.3 Å². The zero-order valence-electron chi connectivity index (χ0n) is 19.1. The Kier molecular flexibility index (Phi) is 8.11. The van der Waals surface area contributed by atoms with Crippen molar-refractivity contribution in [1.82, 2.24) is 20.3 Å². The molecule has 1 atom stereocenters. The van der Waals surface area contributed by atoms with E-state index in [1.54, 1.807) is 26.6 Å². The van der Waals surface area contributed by atoms with Crippen LogP contribution in [-0.2, 0) is 0 Å². The van der Waals surface area contributed by atoms with Crippen LogP contribution in [-0.4, -0.2) is 54.7 Å². The van der Waals surface area contributed by atoms with Gasteiger partial charge in [0.1, 0.15) is 23.7 Å². The van der Waals surface area contributed by atoms with Gasteiger partial charge in [-0.2, -0.15) is 13.5 Å². The van der Waals surface area contributed by atoms with E-state index < -0.39 is 0 Å². The molecule has 4 rings (SSSR count). The Morgan fingerprint density at radius 1 is 1.15 bits per heavy atom. The van der Waals surface area contributed by atoms with Crippen molar-refractivity contribution in [3.63, 3.8) is 0 Å². The van der Waals surface area contributed by atoms with Crippen molar-refractivity contribution in [1.29, 1.82) is 0 Å². The summed E-state index contributed by atoms with van der Waals surface area (Å²) in [6, 6.07) is 11.5. The predicted molar refractivity (Wildman–Crippen MR) is 136 cm³/mol. The minimum Gasteiger partial charge on any atom is -0.496 e. The zero-order valence-corrected chi connectivity index (χ0v) is 20.1. The van der Waals surface area contributed by atoms with Crippen molar-refractivity contribution in [2.75, 3.05) is 44.0 Å². The second kappa shape index (κ2) is 11.0. The Hall–Kier alpha value is -3.33. The van der Waals surface area contributed by atoms with E-state index in [9.17, 15) is 4.79 Å². The fourth-order valence-electron chi connectivity index (χ4n) is 3.65. The lowest BCUT2D eigenvalue weighted by molar-refractivity contribution is 0.0962. The van der Waals surface area contributed by atoms with E-state index in [2.05, 4.69) is 37.4 Å². The summed E-state index contributed by atoms with van der Waals surface area (Å²) in [5.41, 5.74) is 3.37. The van der Waals surface area contributed by atoms with Crippen LogP contribution in [0.1, 0.15) is 35.2 Å². The highest BCUT2D eigenvalue weighted by atomic mass is 32.1. The standard InChI is InChI=1S/C24H28N6O2.H2S/c1-16(19-7-5-17(24(31)25-2)11-21(19)32-3)13-26-22-12-20(28-15-29-22)18-6-8-23(27-14-18)30-9-4-10-30;/h5-8,11-12,14-16H,4,9-10,13H2,1-3H3,(H,25,31)(H,26,28,29);1H2/t16-;/m1./s1. The van der Waals surface area contributed by atoms with Crippen LogP contribution in [0, 0.1) is 0 Å². The van der Waals surface area contributed by atoms with Crippen LogP contribution >= 0.6 is 13.5 Å². The molecule has 1 aliphatic rings. The summed E-state index contributed by atoms with van der Waals surface area (Å²) in [6.45, 7) is 4.90. The summed E-state index contributed by atoms with van der Waals surface area (Å²) in [4.78, 5) is 27.5. The fourth-order valence-corrected chi connectivity index (χ4v) is 3.65. The third-order valence-corrected chi connectivity index (χ3v) is 5.73. The number of nitrogens with one attached hydrogen (secondary N) is 2. The highest BCUT2D eigenvalue weighted by molar-refractivity contribution is 7.59. The number of pyridine rings is 1. The van der Waals surface area contributed by atoms with E-state index in [0.29, 0.717) is 17.9 Å². The topological polar surface area (TPSA) is 92.3 Å². The van der Waals surface area contributed by atoms with E-state index in [1.807, 2.05) is 36.5 Å². The normalized spacial score (nSPS) is 13.4. The van der Waals surface area contributed by atoms with E-state index in [1.165, 1.54) is 6.42 Å². The molecule has 1 fully saturated rings. The first-order valence-corrected chi connectivity index (χ1v) is 10.8. The monoisotopic (exact) mass is 466 g/mol. The molecule has 1 aliphatic heterocycles. The number of benzene rings is 1. The summed E-state index contributed by atoms with van der Waals surface area (Å²) >= 11 is 0. The number of hydrogen-bond donors (Lipinski definition) is 2. The molecule has 1 amide bonds. The second-order valence-corrected chi connectivity index (χ2v) is 7.85. The maximum Gasteiger partial charge on any atom is 0.251 e. The Morgan fingerprint density at radius 3 is 2.61 bits per heavy atom. The lowest BCUT2D eigenvalue weighted by atomic mass is 9.98. The van der Waals surface area contributed by atoms with Crippen LogP contribution in [0.5, 0.6) is 5.75 Å². The van der Waals surface area contributed by atoms with Crippen LogP contribution < -0.4 is 20.3 Å². The van der Waals surface area contributed by atoms with Gasteiger partial charge in [-0.25, -0.2) is 15.0 Å². The summed E-state index contributed by atoms with van der Waals surface area (Å²) in [7, 11) is 3.23. The number of methoxy groups -OCH3 is 1. The van der Waals surface area contributed by atoms with Gasteiger partial charge in [0, 0.05) is 56.0 Å². The number of hydrogen-bond acceptors (Lipinski definition) is 7. The molecule has 8 nitrogen and oxygen atoms in total. The highest BCUT2D eigenvalue weighted by Gasteiger charge is 2.16. The van der Waals surface area contributed by atoms with Gasteiger partial charge in [-0.1, -0.05) is 13.0 Å². The third kappa shape index (κ3) is 5.54. The van der Waals surface area contributed by atoms with Gasteiger partial charge in [0.2, 0.25) is 0 Å². The van der Waals surface area contributed by atoms with Crippen LogP contribution in [0.4, 0.5) is 11.6 Å². The lowest BCUT2D eigenvalue weighted by Gasteiger charge is -2.31. The molecule has 1 aromatic carbocycles. The van der Waals surface area contributed by atoms with Gasteiger partial charge in [0.25, 0.3) is 5.91 Å². The van der Waals surface area contributed by atoms with Gasteiger partial charge in [-0.3, -0.25) is 4.79 Å². The maximum absolute atomic E-state index is 11.9. The number of aromatic nitrogens is 3. The molecule has 0 aliphatic carbocycles. The van der Waals surface area contributed by atoms with Crippen molar-refractivity contribution in [2.24, 2.45) is 0 Å². The number of anilines is 2. The first-order valence-electron chi connectivity index (χ1n) is 10.8. The molecule has 0 saturated carbocycles. The summed E-state index contributed by atoms with van der Waals surface area (Å²) in [5, 5.41) is 6.02. The zero-order chi connectivity index (χ0) is 22.5. The molecule has 3 aromatic rings. The number of ether oxygens (including phenoxy) is 1. The Labute approximate surface area is 201 Å². The fraction of sp³-hybridized carbons (Fsp3) is 0.333. The van der Waals surface area contributed by atoms with E-state index in [0.717, 1.165) is 41.5 Å². The van der Waals surface area contributed by atoms with E-state index in [4.69, 9.17) is 4.74 Å². The predicted octanol–water partition coefficient (Wildman–Crippen LogP) is 3.45. The molecule has 2 aromatic heterocycles. The summed E-state index contributed by atoms with van der Waals surface area (Å²) < 4.78 is 5.53. The average molecular weight is 467 g/mol.